The summed E-state index contributed by atoms with van der Waals surface area (Å²) in [5, 5.41) is 19.6. The summed E-state index contributed by atoms with van der Waals surface area (Å²) >= 11 is 3.20. The van der Waals surface area contributed by atoms with E-state index < -0.39 is 5.97 Å². The molecule has 2 N–H and O–H groups in total. The topological polar surface area (TPSA) is 83.3 Å². The van der Waals surface area contributed by atoms with Gasteiger partial charge in [-0.1, -0.05) is 47.6 Å². The van der Waals surface area contributed by atoms with Crippen LogP contribution in [-0.2, 0) is 6.61 Å². The molecular formula is C22H32N2O3S2. The molecule has 0 atom stereocenters. The number of hydrogen-bond donors (Lipinski definition) is 2. The molecule has 0 saturated heterocycles. The second kappa shape index (κ2) is 11.6. The largest absolute Gasteiger partial charge is 0.478 e. The van der Waals surface area contributed by atoms with Gasteiger partial charge in [0.1, 0.15) is 10.1 Å². The van der Waals surface area contributed by atoms with Gasteiger partial charge in [-0.3, -0.25) is 0 Å². The number of hydrogen-bond acceptors (Lipinski definition) is 6. The van der Waals surface area contributed by atoms with Gasteiger partial charge in [0, 0.05) is 29.5 Å². The van der Waals surface area contributed by atoms with E-state index in [9.17, 15) is 4.79 Å². The third-order valence-corrected chi connectivity index (χ3v) is 6.57. The van der Waals surface area contributed by atoms with Crippen LogP contribution >= 0.6 is 23.5 Å². The van der Waals surface area contributed by atoms with Crippen LogP contribution in [0.25, 0.3) is 0 Å². The predicted molar refractivity (Wildman–Crippen MR) is 122 cm³/mol. The second-order valence-corrected chi connectivity index (χ2v) is 10.9. The predicted octanol–water partition coefficient (Wildman–Crippen LogP) is 5.63. The van der Waals surface area contributed by atoms with E-state index in [4.69, 9.17) is 10.2 Å². The fourth-order valence-electron chi connectivity index (χ4n) is 1.91. The van der Waals surface area contributed by atoms with E-state index in [1.54, 1.807) is 36.3 Å². The number of carbonyl (C=O) groups is 1. The lowest BCUT2D eigenvalue weighted by atomic mass is 10.0. The number of nitrogens with zero attached hydrogens (tertiary/aromatic N) is 2. The van der Waals surface area contributed by atoms with Crippen LogP contribution in [0, 0.1) is 10.8 Å². The lowest BCUT2D eigenvalue weighted by Crippen LogP contribution is -2.09. The minimum absolute atomic E-state index is 0.0698. The molecule has 160 valence electrons. The van der Waals surface area contributed by atoms with E-state index in [0.717, 1.165) is 22.1 Å². The maximum absolute atomic E-state index is 10.9. The Morgan fingerprint density at radius 1 is 0.897 bits per heavy atom. The van der Waals surface area contributed by atoms with Crippen LogP contribution in [0.5, 0.6) is 0 Å². The van der Waals surface area contributed by atoms with Gasteiger partial charge in [0.05, 0.1) is 12.2 Å². The molecule has 0 aromatic carbocycles. The highest BCUT2D eigenvalue weighted by Crippen LogP contribution is 2.28. The summed E-state index contributed by atoms with van der Waals surface area (Å²) in [6.45, 7) is 13.0. The molecule has 0 bridgehead atoms. The first-order valence-electron chi connectivity index (χ1n) is 9.41. The van der Waals surface area contributed by atoms with Crippen molar-refractivity contribution < 1.29 is 15.0 Å². The molecule has 0 saturated carbocycles. The molecule has 0 spiro atoms. The molecule has 0 aliphatic heterocycles. The van der Waals surface area contributed by atoms with Gasteiger partial charge in [-0.2, -0.15) is 0 Å². The van der Waals surface area contributed by atoms with Crippen molar-refractivity contribution in [1.82, 2.24) is 9.97 Å². The molecule has 0 unspecified atom stereocenters. The highest BCUT2D eigenvalue weighted by Gasteiger charge is 2.16. The number of pyridine rings is 2. The Balaban J connectivity index is 0.000000291. The third kappa shape index (κ3) is 10.7. The van der Waals surface area contributed by atoms with Crippen molar-refractivity contribution in [3.63, 3.8) is 0 Å². The highest BCUT2D eigenvalue weighted by atomic mass is 32.2. The van der Waals surface area contributed by atoms with Crippen molar-refractivity contribution >= 4 is 29.5 Å². The number of carboxylic acid groups (broad SMARTS) is 1. The molecule has 0 aliphatic carbocycles. The number of rotatable bonds is 6. The van der Waals surface area contributed by atoms with E-state index in [0.29, 0.717) is 5.03 Å². The summed E-state index contributed by atoms with van der Waals surface area (Å²) in [4.78, 5) is 19.2. The van der Waals surface area contributed by atoms with Crippen molar-refractivity contribution in [2.45, 2.75) is 58.2 Å². The highest BCUT2D eigenvalue weighted by molar-refractivity contribution is 7.99. The average molecular weight is 437 g/mol. The van der Waals surface area contributed by atoms with Crippen LogP contribution in [0.1, 0.15) is 57.5 Å². The van der Waals surface area contributed by atoms with Crippen molar-refractivity contribution in [3.8, 4) is 0 Å². The Morgan fingerprint density at radius 2 is 1.38 bits per heavy atom. The van der Waals surface area contributed by atoms with E-state index in [1.165, 1.54) is 11.8 Å². The number of aromatic carboxylic acids is 1. The molecule has 2 aromatic heterocycles. The van der Waals surface area contributed by atoms with Gasteiger partial charge in [0.15, 0.2) is 0 Å². The van der Waals surface area contributed by atoms with Crippen LogP contribution in [0.3, 0.4) is 0 Å². The zero-order chi connectivity index (χ0) is 22.1. The number of aromatic nitrogens is 2. The maximum atomic E-state index is 10.9. The number of aliphatic hydroxyl groups is 1. The Hall–Kier alpha value is -1.57. The smallest absolute Gasteiger partial charge is 0.338 e. The molecular weight excluding hydrogens is 404 g/mol. The minimum Gasteiger partial charge on any atom is -0.478 e. The number of aliphatic hydroxyl groups excluding tert-OH is 1. The summed E-state index contributed by atoms with van der Waals surface area (Å²) in [5.41, 5.74) is 1.65. The third-order valence-electron chi connectivity index (χ3n) is 3.31. The van der Waals surface area contributed by atoms with E-state index >= 15 is 0 Å². The second-order valence-electron chi connectivity index (χ2n) is 8.99. The van der Waals surface area contributed by atoms with Gasteiger partial charge in [0.2, 0.25) is 0 Å². The number of thioether (sulfide) groups is 2. The zero-order valence-corrected chi connectivity index (χ0v) is 19.7. The van der Waals surface area contributed by atoms with Gasteiger partial charge < -0.3 is 10.2 Å². The van der Waals surface area contributed by atoms with Gasteiger partial charge in [-0.15, -0.1) is 23.5 Å². The van der Waals surface area contributed by atoms with Crippen LogP contribution in [0.4, 0.5) is 0 Å². The molecule has 29 heavy (non-hydrogen) atoms. The first-order valence-corrected chi connectivity index (χ1v) is 11.4. The van der Waals surface area contributed by atoms with Crippen LogP contribution in [-0.4, -0.2) is 37.7 Å². The summed E-state index contributed by atoms with van der Waals surface area (Å²) in [7, 11) is 0. The summed E-state index contributed by atoms with van der Waals surface area (Å²) < 4.78 is 0. The van der Waals surface area contributed by atoms with Crippen molar-refractivity contribution in [1.29, 1.82) is 0 Å². The van der Waals surface area contributed by atoms with Gasteiger partial charge in [-0.25, -0.2) is 14.8 Å². The number of carboxylic acids is 1. The molecule has 5 nitrogen and oxygen atoms in total. The van der Waals surface area contributed by atoms with Crippen LogP contribution in [0.2, 0.25) is 0 Å². The molecule has 2 heterocycles. The lowest BCUT2D eigenvalue weighted by Gasteiger charge is -2.17. The molecule has 2 aromatic rings. The van der Waals surface area contributed by atoms with Crippen LogP contribution < -0.4 is 0 Å². The summed E-state index contributed by atoms with van der Waals surface area (Å²) in [5.74, 6) is 0.945. The first kappa shape index (κ1) is 25.5. The summed E-state index contributed by atoms with van der Waals surface area (Å²) in [6.07, 6.45) is 3.39. The van der Waals surface area contributed by atoms with Crippen molar-refractivity contribution in [2.24, 2.45) is 10.8 Å². The van der Waals surface area contributed by atoms with Crippen molar-refractivity contribution in [2.75, 3.05) is 11.5 Å². The normalized spacial score (nSPS) is 11.6. The fourth-order valence-corrected chi connectivity index (χ4v) is 3.95. The molecule has 0 amide bonds. The van der Waals surface area contributed by atoms with Gasteiger partial charge in [-0.05, 0) is 29.0 Å². The van der Waals surface area contributed by atoms with Crippen LogP contribution in [0.15, 0.2) is 46.7 Å². The molecule has 0 aliphatic rings. The first-order chi connectivity index (χ1) is 13.4. The Labute approximate surface area is 182 Å². The van der Waals surface area contributed by atoms with E-state index in [1.807, 2.05) is 12.1 Å². The maximum Gasteiger partial charge on any atom is 0.338 e. The van der Waals surface area contributed by atoms with E-state index in [2.05, 4.69) is 51.5 Å². The standard InChI is InChI=1S/C11H15NO2S.C11H17NOS/c1-11(2,3)7-15-9-8(10(13)14)5-4-6-12-9;1-11(2,3)8-14-10-9(7-13)5-4-6-12-10/h4-6H,7H2,1-3H3,(H,13,14);4-6,13H,7-8H2,1-3H3. The summed E-state index contributed by atoms with van der Waals surface area (Å²) in [6, 6.07) is 7.00. The molecule has 0 radical (unpaired) electrons. The average Bonchev–Trinajstić information content (AvgIpc) is 2.64. The quantitative estimate of drug-likeness (QED) is 0.568. The molecule has 2 rings (SSSR count). The van der Waals surface area contributed by atoms with Gasteiger partial charge >= 0.3 is 5.97 Å². The lowest BCUT2D eigenvalue weighted by molar-refractivity contribution is 0.0692. The SMILES string of the molecule is CC(C)(C)CSc1ncccc1C(=O)O.CC(C)(C)CSc1ncccc1CO. The Bertz CT molecular complexity index is 784. The van der Waals surface area contributed by atoms with E-state index in [-0.39, 0.29) is 23.0 Å². The van der Waals surface area contributed by atoms with Gasteiger partial charge in [0.25, 0.3) is 0 Å². The Kier molecular flexibility index (Phi) is 10.2. The molecule has 0 fully saturated rings. The van der Waals surface area contributed by atoms with Crippen molar-refractivity contribution in [3.05, 3.63) is 47.8 Å². The monoisotopic (exact) mass is 436 g/mol. The fraction of sp³-hybridized carbons (Fsp3) is 0.500. The molecule has 7 heteroatoms. The minimum atomic E-state index is -0.917. The zero-order valence-electron chi connectivity index (χ0n) is 18.1. The Morgan fingerprint density at radius 3 is 1.86 bits per heavy atom.